The van der Waals surface area contributed by atoms with Gasteiger partial charge in [-0.05, 0) is 75.4 Å². The molecule has 3 nitrogen and oxygen atoms in total. The van der Waals surface area contributed by atoms with Crippen molar-refractivity contribution in [3.05, 3.63) is 205 Å². The van der Waals surface area contributed by atoms with Gasteiger partial charge in [0.25, 0.3) is 0 Å². The van der Waals surface area contributed by atoms with Crippen LogP contribution in [0.25, 0.3) is 88.7 Å². The van der Waals surface area contributed by atoms with Crippen LogP contribution in [0, 0.1) is 26.0 Å². The Kier molecular flexibility index (Phi) is 10.5. The van der Waals surface area contributed by atoms with Crippen LogP contribution in [0.4, 0.5) is 0 Å². The van der Waals surface area contributed by atoms with E-state index in [1.165, 1.54) is 27.6 Å². The Labute approximate surface area is 340 Å². The maximum atomic E-state index is 6.54. The van der Waals surface area contributed by atoms with Crippen molar-refractivity contribution in [2.75, 3.05) is 0 Å². The van der Waals surface area contributed by atoms with Crippen molar-refractivity contribution in [3.63, 3.8) is 0 Å². The Bertz CT molecular complexity index is 2920. The van der Waals surface area contributed by atoms with Crippen LogP contribution in [-0.4, -0.2) is 9.97 Å². The van der Waals surface area contributed by atoms with Gasteiger partial charge in [-0.2, -0.15) is 0 Å². The zero-order chi connectivity index (χ0) is 37.1. The Morgan fingerprint density at radius 2 is 1.25 bits per heavy atom. The first kappa shape index (κ1) is 36.5. The van der Waals surface area contributed by atoms with Gasteiger partial charge in [-0.25, -0.2) is 0 Å². The standard InChI is InChI=1S/C35H22NO.C17H14N.Ir/c1-3-10-24(11-4-1)26-17-18-34-31(21-26)32-23-29(25-12-5-2-6-13-25)22-30(35(32)37-34)27-14-9-15-28(20-27)33-16-7-8-19-36-33;1-12-9-13(2)11-15(10-12)17-8-7-14-5-3-4-6-16(14)18-17;/h1-14,16-23H;3-10H,1-2H3;/q2*-1;. The van der Waals surface area contributed by atoms with E-state index in [4.69, 9.17) is 9.40 Å². The van der Waals surface area contributed by atoms with Gasteiger partial charge in [-0.15, -0.1) is 64.7 Å². The number of fused-ring (bicyclic) bond motifs is 4. The minimum Gasteiger partial charge on any atom is -0.455 e. The topological polar surface area (TPSA) is 38.9 Å². The van der Waals surface area contributed by atoms with E-state index < -0.39 is 0 Å². The minimum absolute atomic E-state index is 0. The molecule has 0 aliphatic rings. The molecule has 0 atom stereocenters. The molecule has 1 radical (unpaired) electrons. The van der Waals surface area contributed by atoms with Crippen LogP contribution in [0.15, 0.2) is 187 Å². The second-order valence-electron chi connectivity index (χ2n) is 13.8. The fraction of sp³-hybridized carbons (Fsp3) is 0.0385. The SMILES string of the molecule is Cc1[c-]c(-c2ccc3ccccc3n2)cc(C)c1.[Ir].[c-]1ccc(-c2cc(-c3ccccc3)cc3c2oc2ccc(-c4ccccc4)cc23)cc1-c1ccccn1. The summed E-state index contributed by atoms with van der Waals surface area (Å²) in [7, 11) is 0. The molecule has 0 aliphatic carbocycles. The fourth-order valence-electron chi connectivity index (χ4n) is 7.25. The third-order valence-corrected chi connectivity index (χ3v) is 9.86. The van der Waals surface area contributed by atoms with Gasteiger partial charge in [0.15, 0.2) is 0 Å². The summed E-state index contributed by atoms with van der Waals surface area (Å²) < 4.78 is 6.54. The molecule has 0 unspecified atom stereocenters. The van der Waals surface area contributed by atoms with Gasteiger partial charge in [0.2, 0.25) is 0 Å². The molecule has 0 aliphatic heterocycles. The van der Waals surface area contributed by atoms with Crippen molar-refractivity contribution in [2.24, 2.45) is 0 Å². The van der Waals surface area contributed by atoms with E-state index in [2.05, 4.69) is 158 Å². The van der Waals surface area contributed by atoms with Crippen molar-refractivity contribution in [1.29, 1.82) is 0 Å². The number of hydrogen-bond acceptors (Lipinski definition) is 3. The van der Waals surface area contributed by atoms with Gasteiger partial charge in [-0.3, -0.25) is 4.98 Å². The molecular weight excluding hydrogens is 861 g/mol. The zero-order valence-corrected chi connectivity index (χ0v) is 33.4. The molecule has 0 saturated carbocycles. The molecule has 10 aromatic rings. The summed E-state index contributed by atoms with van der Waals surface area (Å²) in [6.07, 6.45) is 1.81. The number of furan rings is 1. The molecule has 0 fully saturated rings. The molecule has 3 heterocycles. The second kappa shape index (κ2) is 16.1. The van der Waals surface area contributed by atoms with E-state index in [1.807, 2.05) is 54.7 Å². The summed E-state index contributed by atoms with van der Waals surface area (Å²) in [5.74, 6) is 0. The van der Waals surface area contributed by atoms with Gasteiger partial charge in [-0.1, -0.05) is 129 Å². The average molecular weight is 897 g/mol. The first-order valence-electron chi connectivity index (χ1n) is 18.5. The second-order valence-corrected chi connectivity index (χ2v) is 13.8. The molecule has 3 aromatic heterocycles. The van der Waals surface area contributed by atoms with E-state index in [0.29, 0.717) is 0 Å². The molecule has 0 N–H and O–H groups in total. The normalized spacial score (nSPS) is 10.9. The Morgan fingerprint density at radius 3 is 2.02 bits per heavy atom. The smallest absolute Gasteiger partial charge is 0.141 e. The van der Waals surface area contributed by atoms with E-state index in [1.54, 1.807) is 0 Å². The monoisotopic (exact) mass is 897 g/mol. The van der Waals surface area contributed by atoms with Crippen LogP contribution >= 0.6 is 0 Å². The summed E-state index contributed by atoms with van der Waals surface area (Å²) >= 11 is 0. The molecule has 7 aromatic carbocycles. The van der Waals surface area contributed by atoms with Crippen molar-refractivity contribution in [2.45, 2.75) is 13.8 Å². The van der Waals surface area contributed by atoms with Crippen LogP contribution in [0.2, 0.25) is 0 Å². The van der Waals surface area contributed by atoms with Crippen LogP contribution in [0.3, 0.4) is 0 Å². The van der Waals surface area contributed by atoms with Gasteiger partial charge in [0.05, 0.1) is 5.52 Å². The summed E-state index contributed by atoms with van der Waals surface area (Å²) in [6, 6.07) is 67.4. The predicted molar refractivity (Wildman–Crippen MR) is 228 cm³/mol. The molecule has 4 heteroatoms. The molecule has 0 amide bonds. The number of para-hydroxylation sites is 1. The van der Waals surface area contributed by atoms with Gasteiger partial charge >= 0.3 is 0 Å². The number of pyridine rings is 2. The maximum Gasteiger partial charge on any atom is 0.141 e. The van der Waals surface area contributed by atoms with Crippen LogP contribution in [-0.2, 0) is 20.1 Å². The largest absolute Gasteiger partial charge is 0.455 e. The van der Waals surface area contributed by atoms with E-state index in [-0.39, 0.29) is 20.1 Å². The molecular formula is C52H36IrN2O-2. The van der Waals surface area contributed by atoms with Crippen molar-refractivity contribution in [3.8, 4) is 55.9 Å². The molecule has 56 heavy (non-hydrogen) atoms. The molecule has 0 spiro atoms. The number of hydrogen-bond donors (Lipinski definition) is 0. The maximum absolute atomic E-state index is 6.54. The van der Waals surface area contributed by atoms with Crippen LogP contribution in [0.1, 0.15) is 11.1 Å². The molecule has 0 bridgehead atoms. The quantitative estimate of drug-likeness (QED) is 0.162. The minimum atomic E-state index is 0. The van der Waals surface area contributed by atoms with Crippen molar-refractivity contribution >= 4 is 32.8 Å². The summed E-state index contributed by atoms with van der Waals surface area (Å²) in [5.41, 5.74) is 15.9. The molecule has 10 rings (SSSR count). The average Bonchev–Trinajstić information content (AvgIpc) is 3.62. The number of rotatable bonds is 5. The van der Waals surface area contributed by atoms with Gasteiger partial charge in [0.1, 0.15) is 11.2 Å². The Morgan fingerprint density at radius 1 is 0.518 bits per heavy atom. The van der Waals surface area contributed by atoms with Gasteiger partial charge in [0, 0.05) is 42.6 Å². The van der Waals surface area contributed by atoms with Crippen LogP contribution in [0.5, 0.6) is 0 Å². The number of benzene rings is 7. The third kappa shape index (κ3) is 7.58. The number of aromatic nitrogens is 2. The Balaban J connectivity index is 0.000000195. The first-order chi connectivity index (χ1) is 27.1. The number of nitrogens with zero attached hydrogens (tertiary/aromatic N) is 2. The van der Waals surface area contributed by atoms with Crippen molar-refractivity contribution in [1.82, 2.24) is 9.97 Å². The summed E-state index contributed by atoms with van der Waals surface area (Å²) in [5, 5.41) is 3.39. The third-order valence-electron chi connectivity index (χ3n) is 9.86. The summed E-state index contributed by atoms with van der Waals surface area (Å²) in [6.45, 7) is 4.17. The van der Waals surface area contributed by atoms with E-state index in [0.717, 1.165) is 72.2 Å². The van der Waals surface area contributed by atoms with E-state index >= 15 is 0 Å². The zero-order valence-electron chi connectivity index (χ0n) is 31.0. The molecule has 271 valence electrons. The van der Waals surface area contributed by atoms with Crippen LogP contribution < -0.4 is 0 Å². The van der Waals surface area contributed by atoms with Crippen molar-refractivity contribution < 1.29 is 24.5 Å². The van der Waals surface area contributed by atoms with E-state index in [9.17, 15) is 0 Å². The predicted octanol–water partition coefficient (Wildman–Crippen LogP) is 13.8. The molecule has 0 saturated heterocycles. The fourth-order valence-corrected chi connectivity index (χ4v) is 7.25. The summed E-state index contributed by atoms with van der Waals surface area (Å²) in [4.78, 5) is 9.23. The van der Waals surface area contributed by atoms with Gasteiger partial charge < -0.3 is 9.40 Å². The number of aryl methyl sites for hydroxylation is 2. The first-order valence-corrected chi connectivity index (χ1v) is 18.5. The Hall–Kier alpha value is -6.45.